The smallest absolute Gasteiger partial charge is 0.339 e. The van der Waals surface area contributed by atoms with Gasteiger partial charge in [-0.25, -0.2) is 4.68 Å². The normalized spacial score (nSPS) is 11.6. The molecule has 0 amide bonds. The van der Waals surface area contributed by atoms with Crippen LogP contribution in [0.3, 0.4) is 0 Å². The lowest BCUT2D eigenvalue weighted by Gasteiger charge is -2.13. The lowest BCUT2D eigenvalue weighted by atomic mass is 10.2. The Balaban J connectivity index is 1.58. The molecule has 4 rings (SSSR count). The van der Waals surface area contributed by atoms with E-state index in [0.29, 0.717) is 15.9 Å². The average molecular weight is 494 g/mol. The first-order valence-electron chi connectivity index (χ1n) is 10.4. The summed E-state index contributed by atoms with van der Waals surface area (Å²) in [7, 11) is -2.59. The molecule has 34 heavy (non-hydrogen) atoms. The first-order chi connectivity index (χ1) is 16.3. The molecule has 0 bridgehead atoms. The molecule has 1 N–H and O–H groups in total. The Labute approximate surface area is 203 Å². The molecule has 1 heterocycles. The number of aryl methyl sites for hydroxylation is 2. The van der Waals surface area contributed by atoms with Crippen molar-refractivity contribution < 1.29 is 17.3 Å². The molecular formula is C25H23N3O4S2. The number of H-pyrrole nitrogens is 1. The van der Waals surface area contributed by atoms with Crippen LogP contribution in [0.15, 0.2) is 82.9 Å². The third kappa shape index (κ3) is 5.11. The lowest BCUT2D eigenvalue weighted by molar-refractivity contribution is 0.390. The molecule has 0 spiro atoms. The predicted molar refractivity (Wildman–Crippen MR) is 135 cm³/mol. The van der Waals surface area contributed by atoms with Gasteiger partial charge in [0.1, 0.15) is 4.90 Å². The second kappa shape index (κ2) is 9.66. The van der Waals surface area contributed by atoms with Gasteiger partial charge in [0.05, 0.1) is 25.2 Å². The van der Waals surface area contributed by atoms with Crippen LogP contribution < -0.4 is 8.92 Å². The van der Waals surface area contributed by atoms with Crippen molar-refractivity contribution in [1.29, 1.82) is 0 Å². The summed E-state index contributed by atoms with van der Waals surface area (Å²) in [5, 5.41) is 4.41. The van der Waals surface area contributed by atoms with Gasteiger partial charge in [0.15, 0.2) is 16.3 Å². The fraction of sp³-hybridized carbons (Fsp3) is 0.120. The predicted octanol–water partition coefficient (Wildman–Crippen LogP) is 5.49. The van der Waals surface area contributed by atoms with Gasteiger partial charge in [0, 0.05) is 0 Å². The second-order valence-corrected chi connectivity index (χ2v) is 9.55. The van der Waals surface area contributed by atoms with Gasteiger partial charge in [-0.15, -0.1) is 0 Å². The van der Waals surface area contributed by atoms with Crippen molar-refractivity contribution in [2.24, 2.45) is 5.10 Å². The number of benzene rings is 3. The molecule has 0 aliphatic rings. The molecular weight excluding hydrogens is 470 g/mol. The summed E-state index contributed by atoms with van der Waals surface area (Å²) in [6.07, 6.45) is 3.41. The van der Waals surface area contributed by atoms with Gasteiger partial charge in [0.25, 0.3) is 0 Å². The Morgan fingerprint density at radius 1 is 1.00 bits per heavy atom. The van der Waals surface area contributed by atoms with Crippen LogP contribution >= 0.6 is 12.2 Å². The Bertz CT molecular complexity index is 1520. The summed E-state index contributed by atoms with van der Waals surface area (Å²) in [5.41, 5.74) is 3.95. The summed E-state index contributed by atoms with van der Waals surface area (Å²) >= 11 is 5.37. The molecule has 0 atom stereocenters. The maximum absolute atomic E-state index is 12.9. The summed E-state index contributed by atoms with van der Waals surface area (Å²) in [5.74, 6) is 0.352. The van der Waals surface area contributed by atoms with Crippen LogP contribution in [0.5, 0.6) is 11.5 Å². The minimum absolute atomic E-state index is 0.0881. The highest BCUT2D eigenvalue weighted by atomic mass is 32.2. The number of hydrogen-bond donors (Lipinski definition) is 1. The van der Waals surface area contributed by atoms with E-state index in [1.807, 2.05) is 43.3 Å². The highest BCUT2D eigenvalue weighted by Crippen LogP contribution is 2.31. The number of hydrogen-bond acceptors (Lipinski definition) is 6. The van der Waals surface area contributed by atoms with Crippen LogP contribution in [0, 0.1) is 18.6 Å². The Morgan fingerprint density at radius 2 is 1.76 bits per heavy atom. The Hall–Kier alpha value is -3.69. The van der Waals surface area contributed by atoms with Crippen LogP contribution in [0.2, 0.25) is 0 Å². The van der Waals surface area contributed by atoms with E-state index in [4.69, 9.17) is 21.1 Å². The molecule has 3 aromatic carbocycles. The number of aromatic amines is 1. The highest BCUT2D eigenvalue weighted by Gasteiger charge is 2.21. The van der Waals surface area contributed by atoms with Gasteiger partial charge in [0.2, 0.25) is 0 Å². The van der Waals surface area contributed by atoms with Crippen LogP contribution in [0.1, 0.15) is 16.7 Å². The van der Waals surface area contributed by atoms with E-state index in [2.05, 4.69) is 10.1 Å². The Morgan fingerprint density at radius 3 is 2.50 bits per heavy atom. The molecule has 1 aromatic heterocycles. The third-order valence-electron chi connectivity index (χ3n) is 5.12. The van der Waals surface area contributed by atoms with Crippen molar-refractivity contribution in [2.45, 2.75) is 18.7 Å². The zero-order chi connectivity index (χ0) is 24.3. The molecule has 7 nitrogen and oxygen atoms in total. The van der Waals surface area contributed by atoms with E-state index < -0.39 is 10.1 Å². The van der Waals surface area contributed by atoms with E-state index in [1.165, 1.54) is 13.2 Å². The molecule has 0 unspecified atom stereocenters. The maximum Gasteiger partial charge on any atom is 0.339 e. The van der Waals surface area contributed by atoms with E-state index in [9.17, 15) is 8.42 Å². The van der Waals surface area contributed by atoms with Gasteiger partial charge in [-0.3, -0.25) is 0 Å². The van der Waals surface area contributed by atoms with Crippen molar-refractivity contribution in [2.75, 3.05) is 7.11 Å². The van der Waals surface area contributed by atoms with E-state index in [-0.39, 0.29) is 16.4 Å². The number of ether oxygens (including phenoxy) is 1. The lowest BCUT2D eigenvalue weighted by Crippen LogP contribution is -2.12. The van der Waals surface area contributed by atoms with Crippen LogP contribution in [-0.2, 0) is 10.1 Å². The largest absolute Gasteiger partial charge is 0.493 e. The first-order valence-corrected chi connectivity index (χ1v) is 12.2. The molecule has 0 aliphatic carbocycles. The minimum atomic E-state index is -4.03. The topological polar surface area (TPSA) is 85.7 Å². The van der Waals surface area contributed by atoms with Crippen molar-refractivity contribution in [3.8, 4) is 22.8 Å². The number of methoxy groups -OCH3 is 1. The average Bonchev–Trinajstić information content (AvgIpc) is 3.20. The van der Waals surface area contributed by atoms with Gasteiger partial charge < -0.3 is 13.9 Å². The molecule has 0 fully saturated rings. The molecule has 0 saturated carbocycles. The van der Waals surface area contributed by atoms with Gasteiger partial charge in [-0.2, -0.15) is 13.5 Å². The van der Waals surface area contributed by atoms with Gasteiger partial charge in [-0.05, 0) is 72.6 Å². The zero-order valence-corrected chi connectivity index (χ0v) is 20.5. The summed E-state index contributed by atoms with van der Waals surface area (Å²) in [6, 6.07) is 19.8. The van der Waals surface area contributed by atoms with Crippen LogP contribution in [-0.4, -0.2) is 31.4 Å². The molecule has 4 aromatic rings. The van der Waals surface area contributed by atoms with Gasteiger partial charge >= 0.3 is 10.1 Å². The number of rotatable bonds is 7. The Kier molecular flexibility index (Phi) is 6.67. The second-order valence-electron chi connectivity index (χ2n) is 7.64. The number of aromatic nitrogens is 2. The molecule has 174 valence electrons. The standard InChI is InChI=1S/C25H23N3O4S2/c1-17-9-10-18(2)24(13-17)34(29,30)32-22-12-11-19(14-23(22)31-3)15-26-28-16-21(27-25(28)33)20-7-5-4-6-8-20/h4-16H,1-3H3,(H,27,33)/b26-15+. The SMILES string of the molecule is COc1cc(/C=N/n2cc(-c3ccccc3)[nH]c2=S)ccc1OS(=O)(=O)c1cc(C)ccc1C. The fourth-order valence-corrected chi connectivity index (χ4v) is 4.80. The number of nitrogens with zero attached hydrogens (tertiary/aromatic N) is 2. The van der Waals surface area contributed by atoms with Crippen molar-refractivity contribution in [3.05, 3.63) is 94.4 Å². The van der Waals surface area contributed by atoms with Crippen LogP contribution in [0.25, 0.3) is 11.3 Å². The first kappa shape index (κ1) is 23.5. The fourth-order valence-electron chi connectivity index (χ4n) is 3.34. The third-order valence-corrected chi connectivity index (χ3v) is 6.78. The molecule has 9 heteroatoms. The van der Waals surface area contributed by atoms with E-state index in [0.717, 1.165) is 16.8 Å². The zero-order valence-electron chi connectivity index (χ0n) is 18.8. The van der Waals surface area contributed by atoms with E-state index in [1.54, 1.807) is 48.3 Å². The summed E-state index contributed by atoms with van der Waals surface area (Å²) < 4.78 is 38.5. The minimum Gasteiger partial charge on any atom is -0.493 e. The molecule has 0 radical (unpaired) electrons. The maximum atomic E-state index is 12.9. The van der Waals surface area contributed by atoms with Gasteiger partial charge in [-0.1, -0.05) is 42.5 Å². The summed E-state index contributed by atoms with van der Waals surface area (Å²) in [4.78, 5) is 3.25. The van der Waals surface area contributed by atoms with Crippen molar-refractivity contribution in [3.63, 3.8) is 0 Å². The molecule has 0 aliphatic heterocycles. The highest BCUT2D eigenvalue weighted by molar-refractivity contribution is 7.87. The summed E-state index contributed by atoms with van der Waals surface area (Å²) in [6.45, 7) is 3.55. The van der Waals surface area contributed by atoms with Crippen molar-refractivity contribution >= 4 is 28.6 Å². The van der Waals surface area contributed by atoms with E-state index >= 15 is 0 Å². The number of nitrogens with one attached hydrogen (secondary N) is 1. The monoisotopic (exact) mass is 493 g/mol. The van der Waals surface area contributed by atoms with Crippen LogP contribution in [0.4, 0.5) is 0 Å². The number of imidazole rings is 1. The van der Waals surface area contributed by atoms with Crippen molar-refractivity contribution in [1.82, 2.24) is 9.66 Å². The quantitative estimate of drug-likeness (QED) is 0.209. The molecule has 0 saturated heterocycles.